The molecule has 4 rings (SSSR count). The number of aromatic nitrogens is 3. The molecule has 4 heterocycles. The maximum absolute atomic E-state index is 12.4. The number of nitrogens with one attached hydrogen (secondary N) is 1. The van der Waals surface area contributed by atoms with E-state index in [0.29, 0.717) is 24.9 Å². The maximum atomic E-state index is 12.4. The predicted octanol–water partition coefficient (Wildman–Crippen LogP) is 1.71. The summed E-state index contributed by atoms with van der Waals surface area (Å²) in [6.45, 7) is 3.32. The highest BCUT2D eigenvalue weighted by Gasteiger charge is 2.28. The number of carbonyl (C=O) groups is 1. The minimum Gasteiger partial charge on any atom is -0.445 e. The van der Waals surface area contributed by atoms with Crippen molar-refractivity contribution < 1.29 is 9.21 Å². The van der Waals surface area contributed by atoms with E-state index < -0.39 is 0 Å². The summed E-state index contributed by atoms with van der Waals surface area (Å²) in [5.41, 5.74) is 0.779. The Morgan fingerprint density at radius 2 is 2.18 bits per heavy atom. The molecule has 3 aromatic heterocycles. The molecule has 0 spiro atoms. The Hall–Kier alpha value is -2.83. The first kappa shape index (κ1) is 12.9. The van der Waals surface area contributed by atoms with Gasteiger partial charge in [0, 0.05) is 36.9 Å². The van der Waals surface area contributed by atoms with Gasteiger partial charge < -0.3 is 14.3 Å². The molecule has 0 radical (unpaired) electrons. The third-order valence-corrected chi connectivity index (χ3v) is 3.78. The van der Waals surface area contributed by atoms with Crippen molar-refractivity contribution in [1.29, 1.82) is 0 Å². The molecular formula is C15H15N5O2. The van der Waals surface area contributed by atoms with Gasteiger partial charge >= 0.3 is 0 Å². The van der Waals surface area contributed by atoms with Crippen molar-refractivity contribution in [3.63, 3.8) is 0 Å². The van der Waals surface area contributed by atoms with Crippen LogP contribution in [0.1, 0.15) is 5.76 Å². The van der Waals surface area contributed by atoms with Gasteiger partial charge in [0.2, 0.25) is 17.7 Å². The van der Waals surface area contributed by atoms with Crippen LogP contribution in [0.5, 0.6) is 0 Å². The van der Waals surface area contributed by atoms with E-state index in [1.165, 1.54) is 0 Å². The first-order chi connectivity index (χ1) is 10.7. The summed E-state index contributed by atoms with van der Waals surface area (Å²) in [6.07, 6.45) is 3.59. The van der Waals surface area contributed by atoms with Crippen molar-refractivity contribution >= 4 is 28.8 Å². The number of amides is 1. The number of anilines is 2. The second-order valence-corrected chi connectivity index (χ2v) is 5.30. The van der Waals surface area contributed by atoms with Crippen LogP contribution in [0, 0.1) is 6.92 Å². The number of furan rings is 1. The van der Waals surface area contributed by atoms with Gasteiger partial charge in [0.1, 0.15) is 18.0 Å². The Kier molecular flexibility index (Phi) is 2.85. The third kappa shape index (κ3) is 2.11. The lowest BCUT2D eigenvalue weighted by atomic mass is 10.3. The lowest BCUT2D eigenvalue weighted by Gasteiger charge is -2.32. The summed E-state index contributed by atoms with van der Waals surface area (Å²) in [5, 5.41) is 0.958. The number of piperazine rings is 1. The zero-order valence-electron chi connectivity index (χ0n) is 12.1. The summed E-state index contributed by atoms with van der Waals surface area (Å²) in [4.78, 5) is 27.8. The second-order valence-electron chi connectivity index (χ2n) is 5.30. The average Bonchev–Trinajstić information content (AvgIpc) is 3.15. The molecule has 112 valence electrons. The first-order valence-corrected chi connectivity index (χ1v) is 7.12. The normalized spacial score (nSPS) is 15.8. The largest absolute Gasteiger partial charge is 0.445 e. The van der Waals surface area contributed by atoms with E-state index >= 15 is 0 Å². The van der Waals surface area contributed by atoms with Crippen molar-refractivity contribution in [2.75, 3.05) is 29.4 Å². The molecule has 3 aromatic rings. The van der Waals surface area contributed by atoms with Crippen LogP contribution in [-0.2, 0) is 4.79 Å². The molecule has 0 unspecified atom stereocenters. The van der Waals surface area contributed by atoms with Gasteiger partial charge in [-0.1, -0.05) is 0 Å². The molecule has 1 aliphatic rings. The number of fused-ring (bicyclic) bond motifs is 1. The molecule has 0 atom stereocenters. The second kappa shape index (κ2) is 4.87. The Labute approximate surface area is 126 Å². The lowest BCUT2D eigenvalue weighted by molar-refractivity contribution is -0.118. The number of hydrogen-bond donors (Lipinski definition) is 1. The fourth-order valence-electron chi connectivity index (χ4n) is 2.63. The molecule has 22 heavy (non-hydrogen) atoms. The van der Waals surface area contributed by atoms with Crippen molar-refractivity contribution in [3.05, 3.63) is 36.4 Å². The van der Waals surface area contributed by atoms with Crippen LogP contribution in [0.25, 0.3) is 11.0 Å². The van der Waals surface area contributed by atoms with E-state index in [-0.39, 0.29) is 12.5 Å². The number of hydrogen-bond acceptors (Lipinski definition) is 5. The van der Waals surface area contributed by atoms with E-state index in [1.54, 1.807) is 11.1 Å². The highest BCUT2D eigenvalue weighted by molar-refractivity contribution is 5.96. The number of nitrogens with zero attached hydrogens (tertiary/aromatic N) is 4. The van der Waals surface area contributed by atoms with Gasteiger partial charge in [0.15, 0.2) is 0 Å². The monoisotopic (exact) mass is 297 g/mol. The van der Waals surface area contributed by atoms with E-state index in [2.05, 4.69) is 15.0 Å². The predicted molar refractivity (Wildman–Crippen MR) is 81.9 cm³/mol. The van der Waals surface area contributed by atoms with Crippen molar-refractivity contribution in [1.82, 2.24) is 15.0 Å². The minimum absolute atomic E-state index is 0.0178. The molecule has 0 aliphatic carbocycles. The van der Waals surface area contributed by atoms with Crippen LogP contribution in [-0.4, -0.2) is 40.5 Å². The Balaban J connectivity index is 1.55. The summed E-state index contributed by atoms with van der Waals surface area (Å²) < 4.78 is 5.53. The van der Waals surface area contributed by atoms with E-state index in [1.807, 2.05) is 36.2 Å². The van der Waals surface area contributed by atoms with Crippen LogP contribution in [0.3, 0.4) is 0 Å². The molecule has 0 aromatic carbocycles. The van der Waals surface area contributed by atoms with Crippen molar-refractivity contribution in [2.45, 2.75) is 6.92 Å². The lowest BCUT2D eigenvalue weighted by Crippen LogP contribution is -2.51. The molecule has 1 saturated heterocycles. The van der Waals surface area contributed by atoms with Gasteiger partial charge in [-0.05, 0) is 19.1 Å². The smallest absolute Gasteiger partial charge is 0.248 e. The summed E-state index contributed by atoms with van der Waals surface area (Å²) in [7, 11) is 0. The molecular weight excluding hydrogens is 282 g/mol. The quantitative estimate of drug-likeness (QED) is 0.779. The minimum atomic E-state index is -0.0178. The summed E-state index contributed by atoms with van der Waals surface area (Å²) in [6, 6.07) is 5.60. The van der Waals surface area contributed by atoms with Crippen molar-refractivity contribution in [3.8, 4) is 0 Å². The molecule has 0 bridgehead atoms. The fourth-order valence-corrected chi connectivity index (χ4v) is 2.63. The topological polar surface area (TPSA) is 78.3 Å². The van der Waals surface area contributed by atoms with Gasteiger partial charge in [0.05, 0.1) is 0 Å². The third-order valence-electron chi connectivity index (χ3n) is 3.78. The van der Waals surface area contributed by atoms with Crippen molar-refractivity contribution in [2.24, 2.45) is 0 Å². The van der Waals surface area contributed by atoms with E-state index in [4.69, 9.17) is 4.42 Å². The van der Waals surface area contributed by atoms with Crippen LogP contribution in [0.2, 0.25) is 0 Å². The molecule has 1 aliphatic heterocycles. The average molecular weight is 297 g/mol. The highest BCUT2D eigenvalue weighted by atomic mass is 16.4. The maximum Gasteiger partial charge on any atom is 0.248 e. The number of aromatic amines is 1. The Bertz CT molecular complexity index is 837. The zero-order valence-corrected chi connectivity index (χ0v) is 12.1. The van der Waals surface area contributed by atoms with E-state index in [0.717, 1.165) is 16.8 Å². The highest BCUT2D eigenvalue weighted by Crippen LogP contribution is 2.22. The Morgan fingerprint density at radius 3 is 2.95 bits per heavy atom. The molecule has 7 heteroatoms. The van der Waals surface area contributed by atoms with E-state index in [9.17, 15) is 4.79 Å². The van der Waals surface area contributed by atoms with Crippen LogP contribution < -0.4 is 9.80 Å². The molecule has 0 saturated carbocycles. The standard InChI is InChI=1S/C15H15N5O2/c1-10-2-3-13(22-10)20-7-6-19(9-12(20)21)15-17-8-11-4-5-16-14(11)18-15/h2-5,8H,6-7,9H2,1H3,(H,16,17,18). The number of rotatable bonds is 2. The molecule has 1 fully saturated rings. The van der Waals surface area contributed by atoms with Gasteiger partial charge in [-0.2, -0.15) is 4.98 Å². The Morgan fingerprint density at radius 1 is 1.27 bits per heavy atom. The van der Waals surface area contributed by atoms with Crippen LogP contribution >= 0.6 is 0 Å². The number of carbonyl (C=O) groups excluding carboxylic acids is 1. The zero-order chi connectivity index (χ0) is 15.1. The molecule has 7 nitrogen and oxygen atoms in total. The number of H-pyrrole nitrogens is 1. The number of aryl methyl sites for hydroxylation is 1. The first-order valence-electron chi connectivity index (χ1n) is 7.12. The summed E-state index contributed by atoms with van der Waals surface area (Å²) >= 11 is 0. The van der Waals surface area contributed by atoms with Crippen LogP contribution in [0.4, 0.5) is 11.8 Å². The SMILES string of the molecule is Cc1ccc(N2CCN(c3ncc4cc[nH]c4n3)CC2=O)o1. The molecule has 1 amide bonds. The molecule has 1 N–H and O–H groups in total. The summed E-state index contributed by atoms with van der Waals surface area (Å²) in [5.74, 6) is 1.95. The van der Waals surface area contributed by atoms with Gasteiger partial charge in [-0.15, -0.1) is 0 Å². The van der Waals surface area contributed by atoms with Gasteiger partial charge in [-0.25, -0.2) is 4.98 Å². The van der Waals surface area contributed by atoms with Crippen LogP contribution in [0.15, 0.2) is 35.0 Å². The fraction of sp³-hybridized carbons (Fsp3) is 0.267. The van der Waals surface area contributed by atoms with Gasteiger partial charge in [-0.3, -0.25) is 9.69 Å². The van der Waals surface area contributed by atoms with Gasteiger partial charge in [0.25, 0.3) is 0 Å².